The van der Waals surface area contributed by atoms with Gasteiger partial charge in [0, 0.05) is 13.1 Å². The molecule has 0 bridgehead atoms. The van der Waals surface area contributed by atoms with Gasteiger partial charge in [-0.15, -0.1) is 0 Å². The predicted octanol–water partition coefficient (Wildman–Crippen LogP) is 3.13. The number of carbonyl (C=O) groups is 1. The molecule has 0 heterocycles. The number of rotatable bonds is 9. The van der Waals surface area contributed by atoms with Gasteiger partial charge in [-0.05, 0) is 48.2 Å². The van der Waals surface area contributed by atoms with Crippen LogP contribution in [0.3, 0.4) is 0 Å². The first-order valence-corrected chi connectivity index (χ1v) is 10.8. The van der Waals surface area contributed by atoms with E-state index in [0.717, 1.165) is 5.56 Å². The summed E-state index contributed by atoms with van der Waals surface area (Å²) in [5.41, 5.74) is 0.992. The van der Waals surface area contributed by atoms with Gasteiger partial charge in [0.1, 0.15) is 11.5 Å². The summed E-state index contributed by atoms with van der Waals surface area (Å²) in [6.07, 6.45) is 0.615. The first-order valence-electron chi connectivity index (χ1n) is 9.28. The predicted molar refractivity (Wildman–Crippen MR) is 112 cm³/mol. The maximum Gasteiger partial charge on any atom is 0.254 e. The molecule has 7 nitrogen and oxygen atoms in total. The zero-order valence-corrected chi connectivity index (χ0v) is 18.2. The van der Waals surface area contributed by atoms with Crippen molar-refractivity contribution in [2.24, 2.45) is 5.92 Å². The van der Waals surface area contributed by atoms with Gasteiger partial charge in [0.25, 0.3) is 5.91 Å². The number of hydrogen-bond acceptors (Lipinski definition) is 5. The molecule has 0 aliphatic carbocycles. The van der Waals surface area contributed by atoms with E-state index in [9.17, 15) is 13.2 Å². The van der Waals surface area contributed by atoms with Crippen LogP contribution in [0.15, 0.2) is 47.4 Å². The van der Waals surface area contributed by atoms with Crippen LogP contribution >= 0.6 is 0 Å². The van der Waals surface area contributed by atoms with E-state index in [1.165, 1.54) is 32.4 Å². The molecule has 0 aromatic heterocycles. The molecule has 8 heteroatoms. The quantitative estimate of drug-likeness (QED) is 0.650. The summed E-state index contributed by atoms with van der Waals surface area (Å²) >= 11 is 0. The molecular formula is C21H28N2O5S. The molecule has 0 spiro atoms. The van der Waals surface area contributed by atoms with E-state index >= 15 is 0 Å². The standard InChI is InChI=1S/C21H28N2O5S/c1-14(2)12-19(15-6-8-16(27-4)9-7-15)23-29(25,26)17-10-11-20(28-5)18(13-17)21(24)22-3/h6-11,13-14,19,23H,12H2,1-5H3,(H,22,24)/t19-/m0/s1. The second-order valence-electron chi connectivity index (χ2n) is 7.02. The minimum atomic E-state index is -3.87. The summed E-state index contributed by atoms with van der Waals surface area (Å²) in [6.45, 7) is 4.06. The minimum Gasteiger partial charge on any atom is -0.497 e. The lowest BCUT2D eigenvalue weighted by Crippen LogP contribution is -2.30. The zero-order chi connectivity index (χ0) is 21.6. The Morgan fingerprint density at radius 3 is 2.21 bits per heavy atom. The van der Waals surface area contributed by atoms with E-state index in [1.807, 2.05) is 26.0 Å². The van der Waals surface area contributed by atoms with Gasteiger partial charge < -0.3 is 14.8 Å². The Hall–Kier alpha value is -2.58. The number of sulfonamides is 1. The van der Waals surface area contributed by atoms with Gasteiger partial charge >= 0.3 is 0 Å². The zero-order valence-electron chi connectivity index (χ0n) is 17.4. The molecule has 0 saturated carbocycles. The molecule has 0 aliphatic rings. The summed E-state index contributed by atoms with van der Waals surface area (Å²) in [4.78, 5) is 12.1. The molecule has 1 amide bonds. The van der Waals surface area contributed by atoms with Crippen molar-refractivity contribution in [1.82, 2.24) is 10.0 Å². The number of nitrogens with one attached hydrogen (secondary N) is 2. The van der Waals surface area contributed by atoms with E-state index in [1.54, 1.807) is 19.2 Å². The topological polar surface area (TPSA) is 93.7 Å². The van der Waals surface area contributed by atoms with E-state index in [2.05, 4.69) is 10.0 Å². The molecule has 0 fully saturated rings. The molecule has 0 unspecified atom stereocenters. The molecule has 158 valence electrons. The Balaban J connectivity index is 2.40. The van der Waals surface area contributed by atoms with E-state index in [4.69, 9.17) is 9.47 Å². The van der Waals surface area contributed by atoms with Crippen molar-refractivity contribution >= 4 is 15.9 Å². The summed E-state index contributed by atoms with van der Waals surface area (Å²) < 4.78 is 39.3. The lowest BCUT2D eigenvalue weighted by Gasteiger charge is -2.22. The molecular weight excluding hydrogens is 392 g/mol. The normalized spacial score (nSPS) is 12.5. The molecule has 1 atom stereocenters. The monoisotopic (exact) mass is 420 g/mol. The summed E-state index contributed by atoms with van der Waals surface area (Å²) in [5.74, 6) is 0.845. The van der Waals surface area contributed by atoms with Gasteiger partial charge in [0.05, 0.1) is 24.7 Å². The molecule has 0 radical (unpaired) electrons. The van der Waals surface area contributed by atoms with Crippen LogP contribution in [0, 0.1) is 5.92 Å². The highest BCUT2D eigenvalue weighted by atomic mass is 32.2. The SMILES string of the molecule is CNC(=O)c1cc(S(=O)(=O)N[C@@H](CC(C)C)c2ccc(OC)cc2)ccc1OC. The number of amides is 1. The van der Waals surface area contributed by atoms with Gasteiger partial charge in [-0.25, -0.2) is 13.1 Å². The lowest BCUT2D eigenvalue weighted by atomic mass is 9.98. The van der Waals surface area contributed by atoms with Crippen LogP contribution in [0.5, 0.6) is 11.5 Å². The summed E-state index contributed by atoms with van der Waals surface area (Å²) in [7, 11) is 0.608. The van der Waals surface area contributed by atoms with Gasteiger partial charge in [0.15, 0.2) is 0 Å². The van der Waals surface area contributed by atoms with Crippen molar-refractivity contribution < 1.29 is 22.7 Å². The van der Waals surface area contributed by atoms with Crippen molar-refractivity contribution in [3.05, 3.63) is 53.6 Å². The summed E-state index contributed by atoms with van der Waals surface area (Å²) in [6, 6.07) is 11.1. The second-order valence-corrected chi connectivity index (χ2v) is 8.73. The Morgan fingerprint density at radius 2 is 1.69 bits per heavy atom. The van der Waals surface area contributed by atoms with Crippen LogP contribution in [0.2, 0.25) is 0 Å². The van der Waals surface area contributed by atoms with E-state index < -0.39 is 22.0 Å². The van der Waals surface area contributed by atoms with Crippen molar-refractivity contribution in [3.8, 4) is 11.5 Å². The van der Waals surface area contributed by atoms with E-state index in [-0.39, 0.29) is 16.4 Å². The number of carbonyl (C=O) groups excluding carboxylic acids is 1. The third-order valence-electron chi connectivity index (χ3n) is 4.48. The number of methoxy groups -OCH3 is 2. The number of hydrogen-bond donors (Lipinski definition) is 2. The maximum absolute atomic E-state index is 13.1. The molecule has 2 N–H and O–H groups in total. The van der Waals surface area contributed by atoms with Gasteiger partial charge in [-0.3, -0.25) is 4.79 Å². The fourth-order valence-corrected chi connectivity index (χ4v) is 4.24. The van der Waals surface area contributed by atoms with Gasteiger partial charge in [0.2, 0.25) is 10.0 Å². The van der Waals surface area contributed by atoms with Crippen molar-refractivity contribution in [3.63, 3.8) is 0 Å². The third-order valence-corrected chi connectivity index (χ3v) is 5.94. The lowest BCUT2D eigenvalue weighted by molar-refractivity contribution is 0.0960. The fraction of sp³-hybridized carbons (Fsp3) is 0.381. The van der Waals surface area contributed by atoms with Gasteiger partial charge in [-0.2, -0.15) is 0 Å². The molecule has 2 aromatic rings. The molecule has 0 aliphatic heterocycles. The first kappa shape index (κ1) is 22.7. The average molecular weight is 421 g/mol. The molecule has 0 saturated heterocycles. The van der Waals surface area contributed by atoms with Crippen LogP contribution in [0.1, 0.15) is 42.2 Å². The Bertz CT molecular complexity index is 940. The average Bonchev–Trinajstić information content (AvgIpc) is 2.71. The third kappa shape index (κ3) is 5.71. The highest BCUT2D eigenvalue weighted by molar-refractivity contribution is 7.89. The number of ether oxygens (including phenoxy) is 2. The van der Waals surface area contributed by atoms with Crippen molar-refractivity contribution in [1.29, 1.82) is 0 Å². The van der Waals surface area contributed by atoms with Crippen LogP contribution in [0.25, 0.3) is 0 Å². The minimum absolute atomic E-state index is 0.000771. The highest BCUT2D eigenvalue weighted by Gasteiger charge is 2.24. The van der Waals surface area contributed by atoms with Crippen molar-refractivity contribution in [2.75, 3.05) is 21.3 Å². The maximum atomic E-state index is 13.1. The smallest absolute Gasteiger partial charge is 0.254 e. The van der Waals surface area contributed by atoms with Crippen LogP contribution in [-0.4, -0.2) is 35.6 Å². The van der Waals surface area contributed by atoms with Crippen LogP contribution < -0.4 is 19.5 Å². The molecule has 2 rings (SSSR count). The van der Waals surface area contributed by atoms with Crippen LogP contribution in [0.4, 0.5) is 0 Å². The molecule has 29 heavy (non-hydrogen) atoms. The van der Waals surface area contributed by atoms with E-state index in [0.29, 0.717) is 17.9 Å². The van der Waals surface area contributed by atoms with Gasteiger partial charge in [-0.1, -0.05) is 26.0 Å². The van der Waals surface area contributed by atoms with Crippen LogP contribution in [-0.2, 0) is 10.0 Å². The largest absolute Gasteiger partial charge is 0.497 e. The Labute approximate surface area is 172 Å². The second kappa shape index (κ2) is 9.76. The highest BCUT2D eigenvalue weighted by Crippen LogP contribution is 2.27. The fourth-order valence-electron chi connectivity index (χ4n) is 2.98. The first-order chi connectivity index (χ1) is 13.7. The van der Waals surface area contributed by atoms with Crippen molar-refractivity contribution in [2.45, 2.75) is 31.2 Å². The number of benzene rings is 2. The Kier molecular flexibility index (Phi) is 7.64. The Morgan fingerprint density at radius 1 is 1.03 bits per heavy atom. The summed E-state index contributed by atoms with van der Waals surface area (Å²) in [5, 5.41) is 2.49. The molecule has 2 aromatic carbocycles.